The second kappa shape index (κ2) is 11.1. The first-order chi connectivity index (χ1) is 17.4. The van der Waals surface area contributed by atoms with Crippen molar-refractivity contribution in [2.75, 3.05) is 34.4 Å². The van der Waals surface area contributed by atoms with Crippen molar-refractivity contribution in [1.29, 1.82) is 0 Å². The molecule has 3 aromatic carbocycles. The number of carbonyl (C=O) groups excluding carboxylic acids is 2. The maximum Gasteiger partial charge on any atom is 0.254 e. The van der Waals surface area contributed by atoms with Crippen LogP contribution in [0.1, 0.15) is 27.4 Å². The van der Waals surface area contributed by atoms with Gasteiger partial charge in [0.2, 0.25) is 5.91 Å². The summed E-state index contributed by atoms with van der Waals surface area (Å²) < 4.78 is 29.6. The van der Waals surface area contributed by atoms with Crippen molar-refractivity contribution in [1.82, 2.24) is 10.2 Å². The zero-order valence-corrected chi connectivity index (χ0v) is 20.5. The Balaban J connectivity index is 1.62. The van der Waals surface area contributed by atoms with Crippen molar-refractivity contribution in [3.63, 3.8) is 0 Å². The lowest BCUT2D eigenvalue weighted by Crippen LogP contribution is -2.35. The van der Waals surface area contributed by atoms with Gasteiger partial charge in [-0.15, -0.1) is 0 Å². The van der Waals surface area contributed by atoms with Gasteiger partial charge < -0.3 is 24.4 Å². The number of para-hydroxylation sites is 1. The van der Waals surface area contributed by atoms with Crippen LogP contribution in [-0.4, -0.2) is 51.1 Å². The van der Waals surface area contributed by atoms with Gasteiger partial charge in [0.05, 0.1) is 27.2 Å². The van der Waals surface area contributed by atoms with Gasteiger partial charge in [0.25, 0.3) is 5.91 Å². The van der Waals surface area contributed by atoms with Gasteiger partial charge in [-0.1, -0.05) is 30.3 Å². The van der Waals surface area contributed by atoms with Gasteiger partial charge in [-0.25, -0.2) is 4.39 Å². The number of likely N-dealkylation sites (tertiary alicyclic amines) is 1. The SMILES string of the molecule is COc1cccc(C(=O)N2CC(C(=O)NCc3ccc(F)cc3)C(c3cccc(OC)c3OC)C2)c1. The second-order valence-corrected chi connectivity index (χ2v) is 8.58. The molecule has 1 aliphatic rings. The van der Waals surface area contributed by atoms with Gasteiger partial charge >= 0.3 is 0 Å². The van der Waals surface area contributed by atoms with Crippen LogP contribution in [0.5, 0.6) is 17.2 Å². The third kappa shape index (κ3) is 5.27. The molecule has 2 amide bonds. The smallest absolute Gasteiger partial charge is 0.254 e. The summed E-state index contributed by atoms with van der Waals surface area (Å²) in [5.74, 6) is 0.107. The van der Waals surface area contributed by atoms with Gasteiger partial charge in [0.15, 0.2) is 11.5 Å². The molecular weight excluding hydrogens is 463 g/mol. The van der Waals surface area contributed by atoms with E-state index in [1.807, 2.05) is 12.1 Å². The molecule has 1 saturated heterocycles. The minimum Gasteiger partial charge on any atom is -0.497 e. The quantitative estimate of drug-likeness (QED) is 0.514. The van der Waals surface area contributed by atoms with Crippen LogP contribution in [0.25, 0.3) is 0 Å². The van der Waals surface area contributed by atoms with E-state index >= 15 is 0 Å². The van der Waals surface area contributed by atoms with Gasteiger partial charge in [0, 0.05) is 36.7 Å². The molecule has 0 radical (unpaired) electrons. The molecule has 2 unspecified atom stereocenters. The second-order valence-electron chi connectivity index (χ2n) is 8.58. The third-order valence-corrected chi connectivity index (χ3v) is 6.47. The Morgan fingerprint density at radius 2 is 1.69 bits per heavy atom. The van der Waals surface area contributed by atoms with Crippen molar-refractivity contribution in [3.05, 3.63) is 89.2 Å². The summed E-state index contributed by atoms with van der Waals surface area (Å²) in [6.45, 7) is 0.811. The van der Waals surface area contributed by atoms with E-state index in [1.54, 1.807) is 68.7 Å². The molecule has 3 aromatic rings. The Bertz CT molecular complexity index is 1230. The maximum absolute atomic E-state index is 13.4. The first-order valence-electron chi connectivity index (χ1n) is 11.6. The molecule has 0 aliphatic carbocycles. The van der Waals surface area contributed by atoms with E-state index in [1.165, 1.54) is 12.1 Å². The van der Waals surface area contributed by atoms with E-state index in [4.69, 9.17) is 14.2 Å². The highest BCUT2D eigenvalue weighted by Gasteiger charge is 2.42. The first-order valence-corrected chi connectivity index (χ1v) is 11.6. The molecule has 7 nitrogen and oxygen atoms in total. The summed E-state index contributed by atoms with van der Waals surface area (Å²) in [6, 6.07) is 18.5. The highest BCUT2D eigenvalue weighted by Crippen LogP contribution is 2.42. The summed E-state index contributed by atoms with van der Waals surface area (Å²) in [7, 11) is 4.66. The van der Waals surface area contributed by atoms with E-state index in [-0.39, 0.29) is 36.6 Å². The predicted molar refractivity (Wildman–Crippen MR) is 133 cm³/mol. The fourth-order valence-electron chi connectivity index (χ4n) is 4.62. The number of rotatable bonds is 8. The molecular formula is C28H29FN2O5. The zero-order valence-electron chi connectivity index (χ0n) is 20.5. The molecule has 0 spiro atoms. The number of carbonyl (C=O) groups is 2. The van der Waals surface area contributed by atoms with Crippen molar-refractivity contribution in [2.24, 2.45) is 5.92 Å². The van der Waals surface area contributed by atoms with Crippen LogP contribution in [0, 0.1) is 11.7 Å². The zero-order chi connectivity index (χ0) is 25.7. The Morgan fingerprint density at radius 1 is 0.944 bits per heavy atom. The van der Waals surface area contributed by atoms with E-state index in [0.29, 0.717) is 29.4 Å². The van der Waals surface area contributed by atoms with Gasteiger partial charge in [0.1, 0.15) is 11.6 Å². The number of benzene rings is 3. The average Bonchev–Trinajstić information content (AvgIpc) is 3.37. The van der Waals surface area contributed by atoms with Crippen LogP contribution in [0.3, 0.4) is 0 Å². The minimum absolute atomic E-state index is 0.186. The minimum atomic E-state index is -0.527. The highest BCUT2D eigenvalue weighted by molar-refractivity contribution is 5.95. The molecule has 4 rings (SSSR count). The van der Waals surface area contributed by atoms with E-state index in [2.05, 4.69) is 5.32 Å². The standard InChI is InChI=1S/C28H29FN2O5/c1-34-21-7-4-6-19(14-21)28(33)31-16-23(22-8-5-9-25(35-2)26(22)36-3)24(17-31)27(32)30-15-18-10-12-20(29)13-11-18/h4-14,23-24H,15-17H2,1-3H3,(H,30,32). The number of hydrogen-bond acceptors (Lipinski definition) is 5. The largest absolute Gasteiger partial charge is 0.497 e. The maximum atomic E-state index is 13.4. The fourth-order valence-corrected chi connectivity index (χ4v) is 4.62. The molecule has 8 heteroatoms. The number of halogens is 1. The number of hydrogen-bond donors (Lipinski definition) is 1. The number of ether oxygens (including phenoxy) is 3. The summed E-state index contributed by atoms with van der Waals surface area (Å²) >= 11 is 0. The summed E-state index contributed by atoms with van der Waals surface area (Å²) in [5.41, 5.74) is 2.06. The van der Waals surface area contributed by atoms with E-state index in [0.717, 1.165) is 11.1 Å². The predicted octanol–water partition coefficient (Wildman–Crippen LogP) is 4.02. The highest BCUT2D eigenvalue weighted by atomic mass is 19.1. The lowest BCUT2D eigenvalue weighted by Gasteiger charge is -2.21. The van der Waals surface area contributed by atoms with Crippen LogP contribution in [-0.2, 0) is 11.3 Å². The van der Waals surface area contributed by atoms with Gasteiger partial charge in [-0.3, -0.25) is 9.59 Å². The van der Waals surface area contributed by atoms with Crippen LogP contribution in [0.2, 0.25) is 0 Å². The van der Waals surface area contributed by atoms with Crippen molar-refractivity contribution in [2.45, 2.75) is 12.5 Å². The van der Waals surface area contributed by atoms with Crippen LogP contribution < -0.4 is 19.5 Å². The summed E-state index contributed by atoms with van der Waals surface area (Å²) in [6.07, 6.45) is 0. The average molecular weight is 493 g/mol. The summed E-state index contributed by atoms with van der Waals surface area (Å²) in [5, 5.41) is 2.95. The molecule has 1 aliphatic heterocycles. The third-order valence-electron chi connectivity index (χ3n) is 6.47. The molecule has 36 heavy (non-hydrogen) atoms. The van der Waals surface area contributed by atoms with Gasteiger partial charge in [-0.2, -0.15) is 0 Å². The normalized spacial score (nSPS) is 16.9. The molecule has 0 bridgehead atoms. The Labute approximate surface area is 209 Å². The molecule has 0 saturated carbocycles. The van der Waals surface area contributed by atoms with Crippen molar-refractivity contribution < 1.29 is 28.2 Å². The number of nitrogens with one attached hydrogen (secondary N) is 1. The molecule has 2 atom stereocenters. The van der Waals surface area contributed by atoms with Gasteiger partial charge in [-0.05, 0) is 42.0 Å². The molecule has 1 heterocycles. The van der Waals surface area contributed by atoms with Crippen molar-refractivity contribution in [3.8, 4) is 17.2 Å². The molecule has 0 aromatic heterocycles. The van der Waals surface area contributed by atoms with Crippen LogP contribution in [0.4, 0.5) is 4.39 Å². The van der Waals surface area contributed by atoms with E-state index < -0.39 is 5.92 Å². The Kier molecular flexibility index (Phi) is 7.73. The topological polar surface area (TPSA) is 77.1 Å². The molecule has 1 N–H and O–H groups in total. The number of nitrogens with zero attached hydrogens (tertiary/aromatic N) is 1. The first kappa shape index (κ1) is 25.0. The Hall–Kier alpha value is -4.07. The molecule has 188 valence electrons. The van der Waals surface area contributed by atoms with Crippen LogP contribution >= 0.6 is 0 Å². The monoisotopic (exact) mass is 492 g/mol. The van der Waals surface area contributed by atoms with E-state index in [9.17, 15) is 14.0 Å². The molecule has 1 fully saturated rings. The van der Waals surface area contributed by atoms with Crippen LogP contribution in [0.15, 0.2) is 66.7 Å². The van der Waals surface area contributed by atoms with Crippen molar-refractivity contribution >= 4 is 11.8 Å². The number of methoxy groups -OCH3 is 3. The summed E-state index contributed by atoms with van der Waals surface area (Å²) in [4.78, 5) is 28.5. The lowest BCUT2D eigenvalue weighted by atomic mass is 9.87. The fraction of sp³-hybridized carbons (Fsp3) is 0.286. The Morgan fingerprint density at radius 3 is 2.39 bits per heavy atom. The lowest BCUT2D eigenvalue weighted by molar-refractivity contribution is -0.125. The number of amides is 2.